The van der Waals surface area contributed by atoms with Crippen molar-refractivity contribution in [2.24, 2.45) is 0 Å². The van der Waals surface area contributed by atoms with E-state index >= 15 is 0 Å². The van der Waals surface area contributed by atoms with Crippen LogP contribution in [0, 0.1) is 10.1 Å². The Morgan fingerprint density at radius 2 is 1.90 bits per heavy atom. The Kier molecular flexibility index (Phi) is 4.95. The summed E-state index contributed by atoms with van der Waals surface area (Å²) in [4.78, 5) is 14.3. The third-order valence-electron chi connectivity index (χ3n) is 2.34. The van der Waals surface area contributed by atoms with Crippen LogP contribution in [0.15, 0.2) is 39.5 Å². The number of hydrogen-bond donors (Lipinski definition) is 0. The van der Waals surface area contributed by atoms with Gasteiger partial charge in [-0.05, 0) is 43.5 Å². The van der Waals surface area contributed by atoms with E-state index in [9.17, 15) is 10.1 Å². The number of hydrogen-bond acceptors (Lipinski definition) is 4. The minimum atomic E-state index is -0.477. The van der Waals surface area contributed by atoms with Gasteiger partial charge in [0, 0.05) is 24.2 Å². The van der Waals surface area contributed by atoms with Crippen LogP contribution in [0.1, 0.15) is 5.56 Å². The Morgan fingerprint density at radius 1 is 1.25 bits per heavy atom. The molecule has 0 N–H and O–H groups in total. The molecule has 0 spiro atoms. The zero-order chi connectivity index (χ0) is 14.7. The van der Waals surface area contributed by atoms with E-state index in [2.05, 4.69) is 36.8 Å². The van der Waals surface area contributed by atoms with Gasteiger partial charge in [-0.15, -0.1) is 11.6 Å². The molecule has 0 unspecified atom stereocenters. The van der Waals surface area contributed by atoms with Crippen LogP contribution in [-0.4, -0.2) is 9.91 Å². The summed E-state index contributed by atoms with van der Waals surface area (Å²) in [5, 5.41) is 10.8. The third-order valence-corrected chi connectivity index (χ3v) is 3.82. The lowest BCUT2D eigenvalue weighted by molar-refractivity contribution is -0.385. The van der Waals surface area contributed by atoms with E-state index in [1.807, 2.05) is 0 Å². The van der Waals surface area contributed by atoms with Crippen molar-refractivity contribution in [3.8, 4) is 11.5 Å². The van der Waals surface area contributed by atoms with E-state index in [0.29, 0.717) is 26.3 Å². The van der Waals surface area contributed by atoms with Crippen molar-refractivity contribution in [1.82, 2.24) is 4.98 Å². The average Bonchev–Trinajstić information content (AvgIpc) is 2.42. The third kappa shape index (κ3) is 3.47. The number of nitro groups is 1. The minimum absolute atomic E-state index is 0.0382. The smallest absolute Gasteiger partial charge is 0.271 e. The molecule has 8 heteroatoms. The predicted molar refractivity (Wildman–Crippen MR) is 82.4 cm³/mol. The summed E-state index contributed by atoms with van der Waals surface area (Å²) < 4.78 is 6.61. The molecule has 1 heterocycles. The number of non-ortho nitro benzene ring substituents is 1. The van der Waals surface area contributed by atoms with E-state index in [1.54, 1.807) is 12.3 Å². The van der Waals surface area contributed by atoms with Gasteiger partial charge in [0.1, 0.15) is 5.75 Å². The summed E-state index contributed by atoms with van der Waals surface area (Å²) in [5.74, 6) is 1.26. The van der Waals surface area contributed by atoms with Gasteiger partial charge in [-0.2, -0.15) is 0 Å². The van der Waals surface area contributed by atoms with Crippen LogP contribution in [0.2, 0.25) is 0 Å². The molecule has 2 rings (SSSR count). The molecule has 0 aliphatic heterocycles. The lowest BCUT2D eigenvalue weighted by Gasteiger charge is -2.10. The fraction of sp³-hybridized carbons (Fsp3) is 0.0833. The van der Waals surface area contributed by atoms with Gasteiger partial charge in [-0.3, -0.25) is 15.1 Å². The van der Waals surface area contributed by atoms with Gasteiger partial charge < -0.3 is 4.74 Å². The number of nitro benzene ring substituents is 1. The minimum Gasteiger partial charge on any atom is -0.453 e. The number of aromatic nitrogens is 1. The molecule has 0 aliphatic rings. The van der Waals surface area contributed by atoms with E-state index in [1.165, 1.54) is 18.3 Å². The summed E-state index contributed by atoms with van der Waals surface area (Å²) in [6.45, 7) is 0. The quantitative estimate of drug-likeness (QED) is 0.393. The Hall–Kier alpha value is -1.18. The molecule has 2 aromatic rings. The van der Waals surface area contributed by atoms with Gasteiger partial charge in [-0.25, -0.2) is 0 Å². The number of nitrogens with zero attached hydrogens (tertiary/aromatic N) is 2. The maximum absolute atomic E-state index is 10.8. The highest BCUT2D eigenvalue weighted by Crippen LogP contribution is 2.39. The molecule has 0 atom stereocenters. The van der Waals surface area contributed by atoms with Crippen molar-refractivity contribution < 1.29 is 9.66 Å². The van der Waals surface area contributed by atoms with Crippen molar-refractivity contribution in [1.29, 1.82) is 0 Å². The second-order valence-electron chi connectivity index (χ2n) is 3.76. The van der Waals surface area contributed by atoms with Crippen molar-refractivity contribution in [3.05, 3.63) is 55.2 Å². The summed E-state index contributed by atoms with van der Waals surface area (Å²) in [6.07, 6.45) is 3.18. The van der Waals surface area contributed by atoms with E-state index in [4.69, 9.17) is 16.3 Å². The van der Waals surface area contributed by atoms with Crippen LogP contribution in [0.3, 0.4) is 0 Å². The van der Waals surface area contributed by atoms with E-state index < -0.39 is 4.92 Å². The highest BCUT2D eigenvalue weighted by molar-refractivity contribution is 9.11. The molecule has 104 valence electrons. The molecule has 0 saturated carbocycles. The molecule has 0 radical (unpaired) electrons. The maximum Gasteiger partial charge on any atom is 0.271 e. The predicted octanol–water partition coefficient (Wildman–Crippen LogP) is 5.05. The van der Waals surface area contributed by atoms with Crippen LogP contribution in [-0.2, 0) is 5.88 Å². The van der Waals surface area contributed by atoms with Crippen LogP contribution >= 0.6 is 43.5 Å². The zero-order valence-corrected chi connectivity index (χ0v) is 13.8. The van der Waals surface area contributed by atoms with Gasteiger partial charge >= 0.3 is 0 Å². The van der Waals surface area contributed by atoms with Gasteiger partial charge in [0.05, 0.1) is 20.1 Å². The first-order valence-corrected chi connectivity index (χ1v) is 7.44. The molecule has 0 bridgehead atoms. The van der Waals surface area contributed by atoms with Gasteiger partial charge in [0.2, 0.25) is 0 Å². The summed E-state index contributed by atoms with van der Waals surface area (Å²) >= 11 is 12.2. The topological polar surface area (TPSA) is 65.3 Å². The number of benzene rings is 1. The second-order valence-corrected chi connectivity index (χ2v) is 5.74. The van der Waals surface area contributed by atoms with Crippen molar-refractivity contribution in [2.45, 2.75) is 5.88 Å². The molecule has 5 nitrogen and oxygen atoms in total. The zero-order valence-electron chi connectivity index (χ0n) is 9.85. The highest BCUT2D eigenvalue weighted by atomic mass is 79.9. The molecule has 0 saturated heterocycles. The molecule has 0 aliphatic carbocycles. The molecule has 0 fully saturated rings. The lowest BCUT2D eigenvalue weighted by Crippen LogP contribution is -1.93. The number of halogens is 3. The standard InChI is InChI=1S/C12H7Br2ClN2O3/c13-10-2-8(17(18)19)3-11(14)12(10)20-9-1-7(4-15)5-16-6-9/h1-3,5-6H,4H2. The van der Waals surface area contributed by atoms with Crippen molar-refractivity contribution in [3.63, 3.8) is 0 Å². The first-order chi connectivity index (χ1) is 9.51. The van der Waals surface area contributed by atoms with E-state index in [0.717, 1.165) is 5.56 Å². The normalized spacial score (nSPS) is 10.3. The Balaban J connectivity index is 2.36. The van der Waals surface area contributed by atoms with Crippen LogP contribution < -0.4 is 4.74 Å². The number of alkyl halides is 1. The van der Waals surface area contributed by atoms with Gasteiger partial charge in [0.15, 0.2) is 5.75 Å². The molecule has 20 heavy (non-hydrogen) atoms. The average molecular weight is 422 g/mol. The molecular weight excluding hydrogens is 415 g/mol. The van der Waals surface area contributed by atoms with Crippen LogP contribution in [0.5, 0.6) is 11.5 Å². The highest BCUT2D eigenvalue weighted by Gasteiger charge is 2.16. The number of ether oxygens (including phenoxy) is 1. The fourth-order valence-corrected chi connectivity index (χ4v) is 2.93. The van der Waals surface area contributed by atoms with Gasteiger partial charge in [-0.1, -0.05) is 0 Å². The molecule has 1 aromatic heterocycles. The molecule has 0 amide bonds. The largest absolute Gasteiger partial charge is 0.453 e. The molecular formula is C12H7Br2ClN2O3. The first kappa shape index (κ1) is 15.2. The maximum atomic E-state index is 10.8. The Labute approximate surface area is 136 Å². The second kappa shape index (κ2) is 6.51. The SMILES string of the molecule is O=[N+]([O-])c1cc(Br)c(Oc2cncc(CCl)c2)c(Br)c1. The van der Waals surface area contributed by atoms with Crippen LogP contribution in [0.25, 0.3) is 0 Å². The number of pyridine rings is 1. The Morgan fingerprint density at radius 3 is 2.45 bits per heavy atom. The summed E-state index contributed by atoms with van der Waals surface area (Å²) in [6, 6.07) is 4.50. The summed E-state index contributed by atoms with van der Waals surface area (Å²) in [7, 11) is 0. The molecule has 1 aromatic carbocycles. The van der Waals surface area contributed by atoms with Crippen LogP contribution in [0.4, 0.5) is 5.69 Å². The van der Waals surface area contributed by atoms with Crippen molar-refractivity contribution in [2.75, 3.05) is 0 Å². The van der Waals surface area contributed by atoms with Gasteiger partial charge in [0.25, 0.3) is 5.69 Å². The Bertz CT molecular complexity index is 644. The fourth-order valence-electron chi connectivity index (χ4n) is 1.46. The first-order valence-electron chi connectivity index (χ1n) is 5.32. The monoisotopic (exact) mass is 420 g/mol. The van der Waals surface area contributed by atoms with E-state index in [-0.39, 0.29) is 5.69 Å². The van der Waals surface area contributed by atoms with Crippen molar-refractivity contribution >= 4 is 49.1 Å². The summed E-state index contributed by atoms with van der Waals surface area (Å²) in [5.41, 5.74) is 0.780. The lowest BCUT2D eigenvalue weighted by atomic mass is 10.3. The number of rotatable bonds is 4.